The summed E-state index contributed by atoms with van der Waals surface area (Å²) < 4.78 is 21.8. The first-order valence-electron chi connectivity index (χ1n) is 23.0. The number of hydrogen-bond acceptors (Lipinski definition) is 17. The topological polar surface area (TPSA) is 241 Å². The Kier molecular flexibility index (Phi) is 35.4. The van der Waals surface area contributed by atoms with Gasteiger partial charge in [-0.3, -0.25) is 33.6 Å². The van der Waals surface area contributed by atoms with E-state index in [1.54, 1.807) is 43.2 Å². The number of aliphatic carboxylic acids is 3. The fourth-order valence-electron chi connectivity index (χ4n) is 6.56. The summed E-state index contributed by atoms with van der Waals surface area (Å²) in [5, 5.41) is 33.4. The summed E-state index contributed by atoms with van der Waals surface area (Å²) >= 11 is 0. The van der Waals surface area contributed by atoms with Crippen molar-refractivity contribution in [2.45, 2.75) is 149 Å². The Morgan fingerprint density at radius 1 is 0.492 bits per heavy atom. The normalized spacial score (nSPS) is 15.3. The second-order valence-corrected chi connectivity index (χ2v) is 25.5. The highest BCUT2D eigenvalue weighted by Crippen LogP contribution is 2.84. The van der Waals surface area contributed by atoms with E-state index in [0.717, 1.165) is 57.8 Å². The van der Waals surface area contributed by atoms with Crippen molar-refractivity contribution >= 4 is 106 Å². The zero-order chi connectivity index (χ0) is 47.4. The first-order valence-corrected chi connectivity index (χ1v) is 29.6. The summed E-state index contributed by atoms with van der Waals surface area (Å²) in [6.07, 6.45) is 15.9. The third-order valence-corrected chi connectivity index (χ3v) is 24.2. The van der Waals surface area contributed by atoms with Crippen molar-refractivity contribution in [3.63, 3.8) is 0 Å². The van der Waals surface area contributed by atoms with Crippen LogP contribution in [0.15, 0.2) is 0 Å². The monoisotopic (exact) mass is 1030 g/mol. The molecule has 0 radical (unpaired) electrons. The van der Waals surface area contributed by atoms with Crippen LogP contribution < -0.4 is 10.6 Å². The number of ketones is 2. The second-order valence-electron chi connectivity index (χ2n) is 16.0. The maximum Gasteiger partial charge on any atom is 0.308 e. The van der Waals surface area contributed by atoms with Crippen molar-refractivity contribution < 1.29 is 69.3 Å². The number of amides is 2. The van der Waals surface area contributed by atoms with E-state index >= 15 is 0 Å². The Hall–Kier alpha value is -1.37. The Bertz CT molecular complexity index is 1400. The largest absolute Gasteiger partial charge is 0.481 e. The van der Waals surface area contributed by atoms with Crippen molar-refractivity contribution in [2.24, 2.45) is 11.8 Å². The predicted octanol–water partition coefficient (Wildman–Crippen LogP) is 8.85. The van der Waals surface area contributed by atoms with Crippen molar-refractivity contribution in [3.05, 3.63) is 0 Å². The van der Waals surface area contributed by atoms with E-state index in [9.17, 15) is 43.8 Å². The van der Waals surface area contributed by atoms with Gasteiger partial charge >= 0.3 is 17.9 Å². The SMILES string of the molecule is O=C(O)CCCCCCCCCCCCCCC(=O)C[C@@H](CCC(=O)NCCOCCOCC(=O)CCCOCCOCC(=O)NCCCC[C@@H](C(=O)O)C1SSC2(SS1)SS2)C(=O)O.[HH]. The van der Waals surface area contributed by atoms with Crippen LogP contribution in [0.3, 0.4) is 0 Å². The molecule has 0 aliphatic carbocycles. The number of ether oxygens (including phenoxy) is 4. The van der Waals surface area contributed by atoms with Crippen LogP contribution in [-0.2, 0) is 52.5 Å². The summed E-state index contributed by atoms with van der Waals surface area (Å²) in [7, 11) is 10.5. The van der Waals surface area contributed by atoms with Gasteiger partial charge in [-0.05, 0) is 60.1 Å². The highest BCUT2D eigenvalue weighted by Gasteiger charge is 2.53. The lowest BCUT2D eigenvalue weighted by Crippen LogP contribution is -2.29. The number of nitrogens with one attached hydrogen (secondary N) is 2. The van der Waals surface area contributed by atoms with E-state index in [4.69, 9.17) is 24.1 Å². The van der Waals surface area contributed by atoms with Gasteiger partial charge < -0.3 is 44.9 Å². The third kappa shape index (κ3) is 32.9. The molecule has 0 saturated carbocycles. The van der Waals surface area contributed by atoms with Gasteiger partial charge in [0.05, 0.1) is 49.5 Å². The Balaban J connectivity index is 0.0000218. The van der Waals surface area contributed by atoms with Gasteiger partial charge in [-0.25, -0.2) is 0 Å². The fraction of sp³-hybridized carbons (Fsp3) is 0.837. The molecule has 2 aliphatic heterocycles. The van der Waals surface area contributed by atoms with Gasteiger partial charge in [0, 0.05) is 53.2 Å². The highest BCUT2D eigenvalue weighted by molar-refractivity contribution is 9.14. The lowest BCUT2D eigenvalue weighted by Gasteiger charge is -2.27. The zero-order valence-electron chi connectivity index (χ0n) is 37.6. The maximum atomic E-state index is 12.4. The molecule has 1 spiro atoms. The molecule has 22 heteroatoms. The van der Waals surface area contributed by atoms with Gasteiger partial charge in [-0.2, -0.15) is 0 Å². The summed E-state index contributed by atoms with van der Waals surface area (Å²) in [6.45, 7) is 2.10. The molecule has 65 heavy (non-hydrogen) atoms. The molecule has 5 N–H and O–H groups in total. The molecule has 2 amide bonds. The van der Waals surface area contributed by atoms with Crippen molar-refractivity contribution in [1.82, 2.24) is 10.6 Å². The van der Waals surface area contributed by atoms with Crippen LogP contribution in [0.5, 0.6) is 0 Å². The van der Waals surface area contributed by atoms with Crippen molar-refractivity contribution in [2.75, 3.05) is 65.9 Å². The molecule has 0 aromatic carbocycles. The molecule has 376 valence electrons. The Morgan fingerprint density at radius 3 is 1.62 bits per heavy atom. The maximum absolute atomic E-state index is 12.4. The van der Waals surface area contributed by atoms with Crippen LogP contribution in [0.1, 0.15) is 143 Å². The smallest absolute Gasteiger partial charge is 0.308 e. The quantitative estimate of drug-likeness (QED) is 0.0217. The average molecular weight is 1040 g/mol. The molecule has 0 aromatic rings. The number of carboxylic acid groups (broad SMARTS) is 3. The van der Waals surface area contributed by atoms with Gasteiger partial charge in [0.2, 0.25) is 11.8 Å². The molecule has 0 bridgehead atoms. The van der Waals surface area contributed by atoms with E-state index in [1.807, 2.05) is 21.6 Å². The Morgan fingerprint density at radius 2 is 1.03 bits per heavy atom. The molecule has 2 atom stereocenters. The number of unbranched alkanes of at least 4 members (excludes halogenated alkanes) is 12. The number of hydrogen-bond donors (Lipinski definition) is 5. The molecular weight excluding hydrogens is 961 g/mol. The summed E-state index contributed by atoms with van der Waals surface area (Å²) in [4.78, 5) is 82.8. The second kappa shape index (κ2) is 38.5. The molecule has 0 unspecified atom stereocenters. The van der Waals surface area contributed by atoms with Crippen LogP contribution in [0.2, 0.25) is 0 Å². The van der Waals surface area contributed by atoms with Crippen LogP contribution in [0.4, 0.5) is 0 Å². The lowest BCUT2D eigenvalue weighted by atomic mass is 9.94. The molecule has 2 saturated heterocycles. The van der Waals surface area contributed by atoms with E-state index in [2.05, 4.69) is 10.6 Å². The standard InChI is InChI=1S/C43H72N2O14S6.H2/c46-34(16-11-9-7-5-3-1-2-4-6-8-10-12-19-39(50)51)30-33(40(52)53)20-21-37(48)45-23-25-57-27-28-58-31-35(47)17-15-24-56-26-29-59-32-38(49)44-22-14-13-18-36(41(54)55)42-60-62-43(63-61-42)64-65-43;/h33,36,42H,1-32H2,(H,44,49)(H,45,48)(H,50,51)(H,52,53)(H,54,55);1H/t33-,36+;/m1./s1. The fourth-order valence-corrected chi connectivity index (χ4v) is 20.4. The average Bonchev–Trinajstić information content (AvgIpc) is 4.03. The van der Waals surface area contributed by atoms with Gasteiger partial charge in [0.1, 0.15) is 19.0 Å². The minimum absolute atomic E-state index is 0. The number of carbonyl (C=O) groups is 7. The van der Waals surface area contributed by atoms with E-state index in [0.29, 0.717) is 51.7 Å². The number of Topliss-reactive ketones (excluding diaryl/α,β-unsaturated/α-hetero) is 2. The summed E-state index contributed by atoms with van der Waals surface area (Å²) in [5.41, 5.74) is 0. The summed E-state index contributed by atoms with van der Waals surface area (Å²) in [5.74, 6) is -4.60. The molecule has 2 heterocycles. The molecule has 2 fully saturated rings. The van der Waals surface area contributed by atoms with Crippen molar-refractivity contribution in [3.8, 4) is 0 Å². The van der Waals surface area contributed by atoms with E-state index in [1.165, 1.54) is 19.3 Å². The van der Waals surface area contributed by atoms with E-state index in [-0.39, 0.29) is 111 Å². The third-order valence-electron chi connectivity index (χ3n) is 10.3. The molecule has 16 nitrogen and oxygen atoms in total. The first kappa shape index (κ1) is 59.8. The van der Waals surface area contributed by atoms with E-state index < -0.39 is 29.7 Å². The van der Waals surface area contributed by atoms with Crippen molar-refractivity contribution in [1.29, 1.82) is 0 Å². The van der Waals surface area contributed by atoms with Gasteiger partial charge in [0.25, 0.3) is 0 Å². The highest BCUT2D eigenvalue weighted by atomic mass is 33.2. The van der Waals surface area contributed by atoms with Crippen LogP contribution >= 0.6 is 64.8 Å². The van der Waals surface area contributed by atoms with Crippen LogP contribution in [-0.4, -0.2) is 130 Å². The number of rotatable bonds is 45. The zero-order valence-corrected chi connectivity index (χ0v) is 42.5. The predicted molar refractivity (Wildman–Crippen MR) is 265 cm³/mol. The van der Waals surface area contributed by atoms with Gasteiger partial charge in [0.15, 0.2) is 8.53 Å². The molecule has 2 aliphatic rings. The van der Waals surface area contributed by atoms with Crippen LogP contribution in [0, 0.1) is 11.8 Å². The molecular formula is C43H74N2O14S6. The van der Waals surface area contributed by atoms with Gasteiger partial charge in [-0.1, -0.05) is 114 Å². The molecule has 2 rings (SSSR count). The minimum Gasteiger partial charge on any atom is -0.481 e. The minimum atomic E-state index is -1.08. The summed E-state index contributed by atoms with van der Waals surface area (Å²) in [6, 6.07) is 0. The first-order chi connectivity index (χ1) is 31.4. The molecule has 0 aromatic heterocycles. The van der Waals surface area contributed by atoms with Gasteiger partial charge in [-0.15, -0.1) is 0 Å². The lowest BCUT2D eigenvalue weighted by molar-refractivity contribution is -0.144. The number of carboxylic acids is 3. The Labute approximate surface area is 410 Å². The van der Waals surface area contributed by atoms with Crippen LogP contribution in [0.25, 0.3) is 0 Å². The number of carbonyl (C=O) groups excluding carboxylic acids is 4.